The normalized spacial score (nSPS) is 9.81. The van der Waals surface area contributed by atoms with E-state index < -0.39 is 0 Å². The summed E-state index contributed by atoms with van der Waals surface area (Å²) in [5.74, 6) is 1.45. The van der Waals surface area contributed by atoms with E-state index in [-0.39, 0.29) is 5.91 Å². The molecule has 0 spiro atoms. The van der Waals surface area contributed by atoms with Crippen LogP contribution in [-0.4, -0.2) is 18.0 Å². The minimum atomic E-state index is -0.0737. The van der Waals surface area contributed by atoms with Gasteiger partial charge in [-0.05, 0) is 36.4 Å². The average molecular weight is 286 g/mol. The van der Waals surface area contributed by atoms with Crippen LogP contribution in [0.3, 0.4) is 0 Å². The summed E-state index contributed by atoms with van der Waals surface area (Å²) in [6.45, 7) is 1.79. The van der Waals surface area contributed by atoms with Crippen LogP contribution < -0.4 is 20.9 Å². The lowest BCUT2D eigenvalue weighted by Gasteiger charge is -2.09. The second-order valence-electron chi connectivity index (χ2n) is 4.31. The molecule has 0 aliphatic carbocycles. The number of amides is 1. The molecule has 0 atom stereocenters. The van der Waals surface area contributed by atoms with E-state index in [1.807, 2.05) is 36.4 Å². The van der Waals surface area contributed by atoms with E-state index in [1.54, 1.807) is 20.2 Å². The van der Waals surface area contributed by atoms with E-state index in [4.69, 9.17) is 4.74 Å². The number of hydrogen-bond donors (Lipinski definition) is 3. The lowest BCUT2D eigenvalue weighted by atomic mass is 10.3. The number of aromatic nitrogens is 1. The van der Waals surface area contributed by atoms with Crippen LogP contribution in [0.2, 0.25) is 0 Å². The third-order valence-corrected chi connectivity index (χ3v) is 2.79. The van der Waals surface area contributed by atoms with Crippen LogP contribution >= 0.6 is 0 Å². The Hall–Kier alpha value is -2.76. The van der Waals surface area contributed by atoms with Gasteiger partial charge in [-0.1, -0.05) is 6.92 Å². The number of hydrogen-bond acceptors (Lipinski definition) is 5. The zero-order valence-electron chi connectivity index (χ0n) is 12.0. The largest absolute Gasteiger partial charge is 0.497 e. The molecule has 21 heavy (non-hydrogen) atoms. The molecule has 2 aromatic rings. The molecule has 0 unspecified atom stereocenters. The fourth-order valence-electron chi connectivity index (χ4n) is 1.59. The Morgan fingerprint density at radius 1 is 1.14 bits per heavy atom. The van der Waals surface area contributed by atoms with E-state index in [0.29, 0.717) is 12.2 Å². The van der Waals surface area contributed by atoms with E-state index in [1.165, 1.54) is 0 Å². The predicted octanol–water partition coefficient (Wildman–Crippen LogP) is 2.69. The molecule has 110 valence electrons. The quantitative estimate of drug-likeness (QED) is 0.712. The average Bonchev–Trinajstić information content (AvgIpc) is 2.54. The number of rotatable bonds is 6. The molecule has 6 heteroatoms. The van der Waals surface area contributed by atoms with Crippen molar-refractivity contribution in [3.05, 3.63) is 42.6 Å². The number of carbonyl (C=O) groups is 1. The second kappa shape index (κ2) is 7.14. The maximum atomic E-state index is 11.1. The van der Waals surface area contributed by atoms with Gasteiger partial charge in [0.05, 0.1) is 19.0 Å². The summed E-state index contributed by atoms with van der Waals surface area (Å²) >= 11 is 0. The first-order chi connectivity index (χ1) is 10.2. The van der Waals surface area contributed by atoms with Gasteiger partial charge in [0.2, 0.25) is 5.91 Å². The summed E-state index contributed by atoms with van der Waals surface area (Å²) in [5.41, 5.74) is 7.00. The van der Waals surface area contributed by atoms with Crippen molar-refractivity contribution in [3.8, 4) is 5.75 Å². The van der Waals surface area contributed by atoms with Gasteiger partial charge in [0.1, 0.15) is 11.6 Å². The molecule has 0 aliphatic heterocycles. The zero-order valence-corrected chi connectivity index (χ0v) is 12.0. The van der Waals surface area contributed by atoms with Crippen molar-refractivity contribution < 1.29 is 9.53 Å². The van der Waals surface area contributed by atoms with Crippen molar-refractivity contribution in [1.82, 2.24) is 10.4 Å². The highest BCUT2D eigenvalue weighted by molar-refractivity contribution is 5.77. The third kappa shape index (κ3) is 4.38. The van der Waals surface area contributed by atoms with Crippen molar-refractivity contribution in [2.45, 2.75) is 13.3 Å². The maximum absolute atomic E-state index is 11.1. The summed E-state index contributed by atoms with van der Waals surface area (Å²) < 4.78 is 5.10. The number of nitrogens with zero attached hydrogens (tertiary/aromatic N) is 1. The Morgan fingerprint density at radius 3 is 2.43 bits per heavy atom. The smallest absolute Gasteiger partial charge is 0.238 e. The number of anilines is 3. The van der Waals surface area contributed by atoms with Crippen molar-refractivity contribution in [2.75, 3.05) is 17.9 Å². The van der Waals surface area contributed by atoms with E-state index >= 15 is 0 Å². The minimum absolute atomic E-state index is 0.0737. The molecule has 1 amide bonds. The summed E-state index contributed by atoms with van der Waals surface area (Å²) in [4.78, 5) is 15.4. The van der Waals surface area contributed by atoms with Crippen molar-refractivity contribution in [2.24, 2.45) is 0 Å². The number of nitrogens with one attached hydrogen (secondary N) is 3. The number of methoxy groups -OCH3 is 1. The number of ether oxygens (including phenoxy) is 1. The van der Waals surface area contributed by atoms with Gasteiger partial charge in [-0.25, -0.2) is 4.98 Å². The maximum Gasteiger partial charge on any atom is 0.238 e. The summed E-state index contributed by atoms with van der Waals surface area (Å²) in [6.07, 6.45) is 2.07. The van der Waals surface area contributed by atoms with Crippen LogP contribution in [0.15, 0.2) is 42.6 Å². The first-order valence-corrected chi connectivity index (χ1v) is 6.63. The molecule has 2 rings (SSSR count). The molecule has 0 fully saturated rings. The highest BCUT2D eigenvalue weighted by Crippen LogP contribution is 2.19. The van der Waals surface area contributed by atoms with E-state index in [9.17, 15) is 4.79 Å². The van der Waals surface area contributed by atoms with Crippen molar-refractivity contribution in [3.63, 3.8) is 0 Å². The molecule has 1 aromatic heterocycles. The number of pyridine rings is 1. The van der Waals surface area contributed by atoms with Gasteiger partial charge in [0, 0.05) is 12.1 Å². The summed E-state index contributed by atoms with van der Waals surface area (Å²) in [6, 6.07) is 11.2. The van der Waals surface area contributed by atoms with Crippen LogP contribution in [0.5, 0.6) is 5.75 Å². The van der Waals surface area contributed by atoms with Gasteiger partial charge < -0.3 is 10.1 Å². The molecule has 0 saturated carbocycles. The van der Waals surface area contributed by atoms with Crippen LogP contribution in [0.4, 0.5) is 17.2 Å². The van der Waals surface area contributed by atoms with Gasteiger partial charge in [-0.3, -0.25) is 15.6 Å². The van der Waals surface area contributed by atoms with Crippen LogP contribution in [-0.2, 0) is 4.79 Å². The van der Waals surface area contributed by atoms with Crippen LogP contribution in [0.1, 0.15) is 13.3 Å². The topological polar surface area (TPSA) is 75.3 Å². The molecule has 3 N–H and O–H groups in total. The Balaban J connectivity index is 1.93. The first-order valence-electron chi connectivity index (χ1n) is 6.63. The molecule has 0 radical (unpaired) electrons. The second-order valence-corrected chi connectivity index (χ2v) is 4.31. The molecule has 0 saturated heterocycles. The van der Waals surface area contributed by atoms with Crippen molar-refractivity contribution in [1.29, 1.82) is 0 Å². The molecule has 6 nitrogen and oxygen atoms in total. The Morgan fingerprint density at radius 2 is 1.86 bits per heavy atom. The SMILES string of the molecule is CCC(=O)NNc1ccc(Nc2ccc(OC)cc2)nc1. The number of hydrazine groups is 1. The first kappa shape index (κ1) is 14.6. The third-order valence-electron chi connectivity index (χ3n) is 2.79. The van der Waals surface area contributed by atoms with Gasteiger partial charge in [0.15, 0.2) is 0 Å². The summed E-state index contributed by atoms with van der Waals surface area (Å²) in [7, 11) is 1.63. The highest BCUT2D eigenvalue weighted by Gasteiger charge is 1.99. The molecule has 1 heterocycles. The fraction of sp³-hybridized carbons (Fsp3) is 0.200. The lowest BCUT2D eigenvalue weighted by Crippen LogP contribution is -2.28. The molecular weight excluding hydrogens is 268 g/mol. The van der Waals surface area contributed by atoms with E-state index in [0.717, 1.165) is 17.1 Å². The predicted molar refractivity (Wildman–Crippen MR) is 82.6 cm³/mol. The van der Waals surface area contributed by atoms with Gasteiger partial charge in [0.25, 0.3) is 0 Å². The Bertz CT molecular complexity index is 582. The lowest BCUT2D eigenvalue weighted by molar-refractivity contribution is -0.120. The van der Waals surface area contributed by atoms with Crippen LogP contribution in [0.25, 0.3) is 0 Å². The van der Waals surface area contributed by atoms with Crippen molar-refractivity contribution >= 4 is 23.1 Å². The molecular formula is C15H18N4O2. The number of carbonyl (C=O) groups excluding carboxylic acids is 1. The van der Waals surface area contributed by atoms with Gasteiger partial charge in [-0.2, -0.15) is 0 Å². The standard InChI is InChI=1S/C15H18N4O2/c1-3-15(20)19-18-12-6-9-14(16-10-12)17-11-4-7-13(21-2)8-5-11/h4-10,18H,3H2,1-2H3,(H,16,17)(H,19,20). The Labute approximate surface area is 123 Å². The number of benzene rings is 1. The van der Waals surface area contributed by atoms with Gasteiger partial charge >= 0.3 is 0 Å². The monoisotopic (exact) mass is 286 g/mol. The van der Waals surface area contributed by atoms with E-state index in [2.05, 4.69) is 21.2 Å². The Kier molecular flexibility index (Phi) is 4.98. The molecule has 1 aromatic carbocycles. The minimum Gasteiger partial charge on any atom is -0.497 e. The zero-order chi connectivity index (χ0) is 15.1. The molecule has 0 bridgehead atoms. The van der Waals surface area contributed by atoms with Crippen LogP contribution in [0, 0.1) is 0 Å². The molecule has 0 aliphatic rings. The summed E-state index contributed by atoms with van der Waals surface area (Å²) in [5, 5.41) is 3.18. The van der Waals surface area contributed by atoms with Gasteiger partial charge in [-0.15, -0.1) is 0 Å². The fourth-order valence-corrected chi connectivity index (χ4v) is 1.59. The highest BCUT2D eigenvalue weighted by atomic mass is 16.5.